The smallest absolute Gasteiger partial charge is 0.0289 e. The van der Waals surface area contributed by atoms with Gasteiger partial charge >= 0.3 is 0 Å². The van der Waals surface area contributed by atoms with Crippen LogP contribution < -0.4 is 0 Å². The molecule has 0 aromatic carbocycles. The van der Waals surface area contributed by atoms with E-state index in [1.165, 1.54) is 83.5 Å². The highest BCUT2D eigenvalue weighted by Gasteiger charge is 2.39. The van der Waals surface area contributed by atoms with Gasteiger partial charge in [0, 0.05) is 0 Å². The van der Waals surface area contributed by atoms with Crippen LogP contribution in [0.2, 0.25) is 0 Å². The lowest BCUT2D eigenvalue weighted by atomic mass is 9.59. The molecule has 0 aliphatic heterocycles. The zero-order valence-corrected chi connectivity index (χ0v) is 18.0. The van der Waals surface area contributed by atoms with Gasteiger partial charge in [-0.25, -0.2) is 0 Å². The van der Waals surface area contributed by atoms with Gasteiger partial charge < -0.3 is 0 Å². The standard InChI is InChI=1S/C24H48/c1-7-11-13-22(9-3)18-24(16-15-20(5)21(6)17-24)19-23(10-4)14-12-8-2/h20-23H,7-19H2,1-6H3. The molecular formula is C24H48. The first-order chi connectivity index (χ1) is 11.5. The summed E-state index contributed by atoms with van der Waals surface area (Å²) in [5.74, 6) is 3.85. The quantitative estimate of drug-likeness (QED) is 0.334. The molecule has 4 atom stereocenters. The van der Waals surface area contributed by atoms with Crippen LogP contribution in [0.1, 0.15) is 125 Å². The second-order valence-corrected chi connectivity index (χ2v) is 9.44. The lowest BCUT2D eigenvalue weighted by Crippen LogP contribution is -2.35. The van der Waals surface area contributed by atoms with Gasteiger partial charge in [0.05, 0.1) is 0 Å². The van der Waals surface area contributed by atoms with Crippen LogP contribution in [0.3, 0.4) is 0 Å². The highest BCUT2D eigenvalue weighted by molar-refractivity contribution is 4.91. The zero-order chi connectivity index (χ0) is 18.0. The summed E-state index contributed by atoms with van der Waals surface area (Å²) in [5.41, 5.74) is 0.675. The van der Waals surface area contributed by atoms with Crippen LogP contribution >= 0.6 is 0 Å². The minimum absolute atomic E-state index is 0.675. The molecule has 0 amide bonds. The number of hydrogen-bond donors (Lipinski definition) is 0. The summed E-state index contributed by atoms with van der Waals surface area (Å²) >= 11 is 0. The summed E-state index contributed by atoms with van der Waals surface area (Å²) in [4.78, 5) is 0. The third kappa shape index (κ3) is 7.09. The van der Waals surface area contributed by atoms with E-state index in [1.54, 1.807) is 0 Å². The van der Waals surface area contributed by atoms with Gasteiger partial charge in [0.2, 0.25) is 0 Å². The lowest BCUT2D eigenvalue weighted by molar-refractivity contribution is 0.0451. The van der Waals surface area contributed by atoms with Gasteiger partial charge in [-0.15, -0.1) is 0 Å². The minimum atomic E-state index is 0.675. The van der Waals surface area contributed by atoms with Crippen LogP contribution in [0.25, 0.3) is 0 Å². The van der Waals surface area contributed by atoms with Crippen molar-refractivity contribution >= 4 is 0 Å². The van der Waals surface area contributed by atoms with Crippen molar-refractivity contribution in [1.82, 2.24) is 0 Å². The molecule has 1 saturated carbocycles. The average Bonchev–Trinajstić information content (AvgIpc) is 2.59. The first-order valence-electron chi connectivity index (χ1n) is 11.5. The van der Waals surface area contributed by atoms with Gasteiger partial charge in [-0.05, 0) is 61.2 Å². The maximum atomic E-state index is 2.54. The Morgan fingerprint density at radius 2 is 1.29 bits per heavy atom. The van der Waals surface area contributed by atoms with Crippen molar-refractivity contribution in [2.75, 3.05) is 0 Å². The Morgan fingerprint density at radius 3 is 1.67 bits per heavy atom. The summed E-state index contributed by atoms with van der Waals surface area (Å²) in [6.45, 7) is 14.6. The molecular weight excluding hydrogens is 288 g/mol. The summed E-state index contributed by atoms with van der Waals surface area (Å²) in [5, 5.41) is 0. The molecule has 0 saturated heterocycles. The molecule has 4 unspecified atom stereocenters. The Morgan fingerprint density at radius 1 is 0.792 bits per heavy atom. The van der Waals surface area contributed by atoms with E-state index < -0.39 is 0 Å². The van der Waals surface area contributed by atoms with Gasteiger partial charge in [0.25, 0.3) is 0 Å². The predicted molar refractivity (Wildman–Crippen MR) is 110 cm³/mol. The van der Waals surface area contributed by atoms with Crippen molar-refractivity contribution in [1.29, 1.82) is 0 Å². The molecule has 1 fully saturated rings. The van der Waals surface area contributed by atoms with Crippen LogP contribution in [0.5, 0.6) is 0 Å². The summed E-state index contributed by atoms with van der Waals surface area (Å²) < 4.78 is 0. The molecule has 144 valence electrons. The molecule has 0 N–H and O–H groups in total. The third-order valence-corrected chi connectivity index (χ3v) is 7.39. The summed E-state index contributed by atoms with van der Waals surface area (Å²) in [6, 6.07) is 0. The Labute approximate surface area is 154 Å². The molecule has 24 heavy (non-hydrogen) atoms. The molecule has 0 radical (unpaired) electrons. The molecule has 1 aliphatic carbocycles. The zero-order valence-electron chi connectivity index (χ0n) is 18.0. The fourth-order valence-corrected chi connectivity index (χ4v) is 5.37. The van der Waals surface area contributed by atoms with E-state index in [4.69, 9.17) is 0 Å². The second kappa shape index (κ2) is 11.6. The lowest BCUT2D eigenvalue weighted by Gasteiger charge is -2.46. The van der Waals surface area contributed by atoms with E-state index in [-0.39, 0.29) is 0 Å². The van der Waals surface area contributed by atoms with Gasteiger partial charge in [-0.2, -0.15) is 0 Å². The Balaban J connectivity index is 2.81. The first-order valence-corrected chi connectivity index (χ1v) is 11.5. The Bertz CT molecular complexity index is 287. The fraction of sp³-hybridized carbons (Fsp3) is 1.00. The molecule has 0 aromatic rings. The van der Waals surface area contributed by atoms with Gasteiger partial charge in [-0.3, -0.25) is 0 Å². The maximum absolute atomic E-state index is 2.54. The minimum Gasteiger partial charge on any atom is -0.0654 e. The molecule has 1 rings (SSSR count). The molecule has 0 nitrogen and oxygen atoms in total. The monoisotopic (exact) mass is 336 g/mol. The highest BCUT2D eigenvalue weighted by atomic mass is 14.4. The van der Waals surface area contributed by atoms with Crippen LogP contribution in [0.4, 0.5) is 0 Å². The van der Waals surface area contributed by atoms with Crippen molar-refractivity contribution in [2.45, 2.75) is 125 Å². The average molecular weight is 337 g/mol. The van der Waals surface area contributed by atoms with Gasteiger partial charge in [0.1, 0.15) is 0 Å². The van der Waals surface area contributed by atoms with Crippen molar-refractivity contribution in [3.8, 4) is 0 Å². The largest absolute Gasteiger partial charge is 0.0654 e. The molecule has 0 aromatic heterocycles. The number of unbranched alkanes of at least 4 members (excludes halogenated alkanes) is 2. The number of rotatable bonds is 12. The molecule has 0 heterocycles. The van der Waals surface area contributed by atoms with E-state index >= 15 is 0 Å². The molecule has 0 bridgehead atoms. The molecule has 0 spiro atoms. The van der Waals surface area contributed by atoms with Crippen LogP contribution in [0.15, 0.2) is 0 Å². The van der Waals surface area contributed by atoms with Crippen LogP contribution in [-0.4, -0.2) is 0 Å². The van der Waals surface area contributed by atoms with Crippen molar-refractivity contribution in [2.24, 2.45) is 29.1 Å². The van der Waals surface area contributed by atoms with Crippen molar-refractivity contribution in [3.05, 3.63) is 0 Å². The third-order valence-electron chi connectivity index (χ3n) is 7.39. The summed E-state index contributed by atoms with van der Waals surface area (Å²) in [6.07, 6.45) is 18.9. The maximum Gasteiger partial charge on any atom is -0.0289 e. The molecule has 1 aliphatic rings. The fourth-order valence-electron chi connectivity index (χ4n) is 5.37. The van der Waals surface area contributed by atoms with E-state index in [0.717, 1.165) is 23.7 Å². The Hall–Kier alpha value is 0. The van der Waals surface area contributed by atoms with E-state index in [2.05, 4.69) is 41.5 Å². The van der Waals surface area contributed by atoms with Gasteiger partial charge in [0.15, 0.2) is 0 Å². The topological polar surface area (TPSA) is 0 Å². The first kappa shape index (κ1) is 22.0. The van der Waals surface area contributed by atoms with Crippen LogP contribution in [-0.2, 0) is 0 Å². The highest BCUT2D eigenvalue weighted by Crippen LogP contribution is 2.51. The van der Waals surface area contributed by atoms with E-state index in [1.807, 2.05) is 0 Å². The van der Waals surface area contributed by atoms with E-state index in [9.17, 15) is 0 Å². The van der Waals surface area contributed by atoms with Gasteiger partial charge in [-0.1, -0.05) is 92.9 Å². The van der Waals surface area contributed by atoms with Crippen LogP contribution in [0, 0.1) is 29.1 Å². The normalized spacial score (nSPS) is 30.2. The van der Waals surface area contributed by atoms with Crippen molar-refractivity contribution < 1.29 is 0 Å². The van der Waals surface area contributed by atoms with E-state index in [0.29, 0.717) is 5.41 Å². The molecule has 0 heteroatoms. The predicted octanol–water partition coefficient (Wildman–Crippen LogP) is 8.64. The van der Waals surface area contributed by atoms with Crippen molar-refractivity contribution in [3.63, 3.8) is 0 Å². The Kier molecular flexibility index (Phi) is 10.6. The number of hydrogen-bond acceptors (Lipinski definition) is 0. The second-order valence-electron chi connectivity index (χ2n) is 9.44. The summed E-state index contributed by atoms with van der Waals surface area (Å²) in [7, 11) is 0. The SMILES string of the molecule is CCCCC(CC)CC1(CC(CC)CCCC)CCC(C)C(C)C1.